The number of hydrogen-bond acceptors (Lipinski definition) is 5. The molecule has 6 nitrogen and oxygen atoms in total. The van der Waals surface area contributed by atoms with Crippen LogP contribution >= 0.6 is 11.3 Å². The summed E-state index contributed by atoms with van der Waals surface area (Å²) < 4.78 is 0. The van der Waals surface area contributed by atoms with Gasteiger partial charge in [0.25, 0.3) is 5.91 Å². The molecule has 1 aromatic heterocycles. The van der Waals surface area contributed by atoms with Crippen LogP contribution in [0.3, 0.4) is 0 Å². The Morgan fingerprint density at radius 3 is 2.85 bits per heavy atom. The third-order valence-corrected chi connectivity index (χ3v) is 1.91. The summed E-state index contributed by atoms with van der Waals surface area (Å²) in [4.78, 5) is 25.3. The van der Waals surface area contributed by atoms with Crippen molar-refractivity contribution in [3.05, 3.63) is 11.1 Å². The number of carbonyl (C=O) groups excluding carboxylic acids is 2. The molecule has 2 amide bonds. The van der Waals surface area contributed by atoms with Gasteiger partial charge in [-0.25, -0.2) is 10.8 Å². The number of nitrogens with two attached hydrogens (primary N) is 1. The van der Waals surface area contributed by atoms with Crippen LogP contribution in [0.5, 0.6) is 0 Å². The van der Waals surface area contributed by atoms with E-state index in [0.29, 0.717) is 5.13 Å². The van der Waals surface area contributed by atoms with Crippen molar-refractivity contribution in [3.8, 4) is 0 Å². The second kappa shape index (κ2) is 3.97. The van der Waals surface area contributed by atoms with Gasteiger partial charge >= 0.3 is 0 Å². The molecule has 0 aliphatic heterocycles. The van der Waals surface area contributed by atoms with E-state index in [0.717, 1.165) is 11.3 Å². The van der Waals surface area contributed by atoms with Gasteiger partial charge in [-0.05, 0) is 0 Å². The fraction of sp³-hybridized carbons (Fsp3) is 0.167. The maximum absolute atomic E-state index is 10.9. The normalized spacial score (nSPS) is 9.38. The fourth-order valence-corrected chi connectivity index (χ4v) is 1.40. The molecule has 0 radical (unpaired) electrons. The second-order valence-corrected chi connectivity index (χ2v) is 3.05. The number of rotatable bonds is 2. The van der Waals surface area contributed by atoms with E-state index in [2.05, 4.69) is 10.3 Å². The van der Waals surface area contributed by atoms with E-state index in [1.165, 1.54) is 12.3 Å². The molecule has 70 valence electrons. The molecule has 0 fully saturated rings. The smallest absolute Gasteiger partial charge is 0.284 e. The molecule has 0 aliphatic rings. The van der Waals surface area contributed by atoms with E-state index in [-0.39, 0.29) is 11.6 Å². The Labute approximate surface area is 78.1 Å². The zero-order valence-electron chi connectivity index (χ0n) is 6.83. The Bertz CT molecular complexity index is 335. The van der Waals surface area contributed by atoms with E-state index in [4.69, 9.17) is 5.84 Å². The first-order valence-electron chi connectivity index (χ1n) is 3.37. The minimum Gasteiger partial charge on any atom is -0.302 e. The first kappa shape index (κ1) is 9.62. The van der Waals surface area contributed by atoms with Crippen LogP contribution in [-0.4, -0.2) is 16.8 Å². The molecule has 1 aromatic rings. The molecule has 0 aromatic carbocycles. The van der Waals surface area contributed by atoms with Crippen LogP contribution in [0.1, 0.15) is 17.4 Å². The Balaban J connectivity index is 2.74. The lowest BCUT2D eigenvalue weighted by molar-refractivity contribution is -0.114. The van der Waals surface area contributed by atoms with Gasteiger partial charge in [-0.15, -0.1) is 11.3 Å². The van der Waals surface area contributed by atoms with Gasteiger partial charge in [-0.2, -0.15) is 0 Å². The molecule has 4 N–H and O–H groups in total. The summed E-state index contributed by atoms with van der Waals surface area (Å²) in [6, 6.07) is 0. The van der Waals surface area contributed by atoms with Gasteiger partial charge < -0.3 is 5.32 Å². The number of anilines is 1. The lowest BCUT2D eigenvalue weighted by atomic mass is 10.5. The molecule has 1 heterocycles. The zero-order valence-corrected chi connectivity index (χ0v) is 7.64. The molecule has 0 spiro atoms. The number of nitrogens with zero attached hydrogens (tertiary/aromatic N) is 1. The van der Waals surface area contributed by atoms with Crippen LogP contribution < -0.4 is 16.6 Å². The van der Waals surface area contributed by atoms with Crippen molar-refractivity contribution >= 4 is 28.3 Å². The zero-order chi connectivity index (χ0) is 9.84. The molecule has 13 heavy (non-hydrogen) atoms. The van der Waals surface area contributed by atoms with Crippen LogP contribution in [0, 0.1) is 0 Å². The summed E-state index contributed by atoms with van der Waals surface area (Å²) in [5.41, 5.74) is 2.13. The number of thiazole rings is 1. The topological polar surface area (TPSA) is 97.1 Å². The Morgan fingerprint density at radius 1 is 1.62 bits per heavy atom. The van der Waals surface area contributed by atoms with Crippen LogP contribution in [0.15, 0.2) is 5.38 Å². The highest BCUT2D eigenvalue weighted by Crippen LogP contribution is 2.14. The van der Waals surface area contributed by atoms with E-state index < -0.39 is 5.91 Å². The molecular formula is C6H8N4O2S. The number of nitrogen functional groups attached to an aromatic ring is 1. The van der Waals surface area contributed by atoms with Gasteiger partial charge in [0.15, 0.2) is 5.13 Å². The van der Waals surface area contributed by atoms with E-state index in [1.54, 1.807) is 0 Å². The molecule has 1 rings (SSSR count). The Hall–Kier alpha value is -1.47. The summed E-state index contributed by atoms with van der Waals surface area (Å²) in [5.74, 6) is 4.19. The molecule has 0 bridgehead atoms. The quantitative estimate of drug-likeness (QED) is 0.347. The largest absolute Gasteiger partial charge is 0.302 e. The van der Waals surface area contributed by atoms with Crippen LogP contribution in [0.4, 0.5) is 5.13 Å². The molecule has 0 aliphatic carbocycles. The standard InChI is InChI=1S/C6H8N4O2S/c1-3(11)8-6-9-4(2-13-6)5(12)10-7/h2H,7H2,1H3,(H,10,12)(H,8,9,11). The maximum atomic E-state index is 10.9. The van der Waals surface area contributed by atoms with Gasteiger partial charge in [0, 0.05) is 12.3 Å². The summed E-state index contributed by atoms with van der Waals surface area (Å²) in [5, 5.41) is 4.34. The van der Waals surface area contributed by atoms with E-state index in [9.17, 15) is 9.59 Å². The van der Waals surface area contributed by atoms with Crippen LogP contribution in [0.2, 0.25) is 0 Å². The number of aromatic nitrogens is 1. The number of hydrazine groups is 1. The predicted molar refractivity (Wildman–Crippen MR) is 48.1 cm³/mol. The summed E-state index contributed by atoms with van der Waals surface area (Å²) in [7, 11) is 0. The minimum atomic E-state index is -0.479. The molecule has 0 saturated carbocycles. The van der Waals surface area contributed by atoms with E-state index >= 15 is 0 Å². The predicted octanol–water partition coefficient (Wildman–Crippen LogP) is -0.295. The first-order valence-corrected chi connectivity index (χ1v) is 4.25. The van der Waals surface area contributed by atoms with Crippen molar-refractivity contribution in [2.24, 2.45) is 5.84 Å². The van der Waals surface area contributed by atoms with Crippen molar-refractivity contribution in [3.63, 3.8) is 0 Å². The molecule has 0 unspecified atom stereocenters. The summed E-state index contributed by atoms with van der Waals surface area (Å²) >= 11 is 1.16. The summed E-state index contributed by atoms with van der Waals surface area (Å²) in [6.07, 6.45) is 0. The van der Waals surface area contributed by atoms with Crippen LogP contribution in [-0.2, 0) is 4.79 Å². The molecule has 0 atom stereocenters. The SMILES string of the molecule is CC(=O)Nc1nc(C(=O)NN)cs1. The van der Waals surface area contributed by atoms with Gasteiger partial charge in [0.05, 0.1) is 0 Å². The van der Waals surface area contributed by atoms with E-state index in [1.807, 2.05) is 5.43 Å². The van der Waals surface area contributed by atoms with Crippen molar-refractivity contribution in [1.82, 2.24) is 10.4 Å². The Morgan fingerprint density at radius 2 is 2.31 bits per heavy atom. The van der Waals surface area contributed by atoms with Gasteiger partial charge in [0.2, 0.25) is 5.91 Å². The second-order valence-electron chi connectivity index (χ2n) is 2.19. The highest BCUT2D eigenvalue weighted by Gasteiger charge is 2.09. The maximum Gasteiger partial charge on any atom is 0.284 e. The van der Waals surface area contributed by atoms with Gasteiger partial charge in [-0.1, -0.05) is 0 Å². The molecular weight excluding hydrogens is 192 g/mol. The molecule has 0 saturated heterocycles. The first-order chi connectivity index (χ1) is 6.13. The number of carbonyl (C=O) groups is 2. The van der Waals surface area contributed by atoms with Gasteiger partial charge in [0.1, 0.15) is 5.69 Å². The Kier molecular flexibility index (Phi) is 2.93. The number of hydrogen-bond donors (Lipinski definition) is 3. The van der Waals surface area contributed by atoms with Crippen molar-refractivity contribution < 1.29 is 9.59 Å². The highest BCUT2D eigenvalue weighted by molar-refractivity contribution is 7.14. The van der Waals surface area contributed by atoms with Crippen LogP contribution in [0.25, 0.3) is 0 Å². The monoisotopic (exact) mass is 200 g/mol. The van der Waals surface area contributed by atoms with Crippen molar-refractivity contribution in [2.45, 2.75) is 6.92 Å². The highest BCUT2D eigenvalue weighted by atomic mass is 32.1. The summed E-state index contributed by atoms with van der Waals surface area (Å²) in [6.45, 7) is 1.37. The number of nitrogens with one attached hydrogen (secondary N) is 2. The fourth-order valence-electron chi connectivity index (χ4n) is 0.660. The average molecular weight is 200 g/mol. The molecule has 7 heteroatoms. The third-order valence-electron chi connectivity index (χ3n) is 1.15. The number of amides is 2. The lowest BCUT2D eigenvalue weighted by Gasteiger charge is -1.93. The van der Waals surface area contributed by atoms with Crippen molar-refractivity contribution in [2.75, 3.05) is 5.32 Å². The lowest BCUT2D eigenvalue weighted by Crippen LogP contribution is -2.30. The minimum absolute atomic E-state index is 0.191. The third kappa shape index (κ3) is 2.49. The average Bonchev–Trinajstić information content (AvgIpc) is 2.50. The van der Waals surface area contributed by atoms with Crippen molar-refractivity contribution in [1.29, 1.82) is 0 Å². The van der Waals surface area contributed by atoms with Gasteiger partial charge in [-0.3, -0.25) is 15.0 Å².